The molecule has 0 fully saturated rings. The average molecular weight is 288 g/mol. The van der Waals surface area contributed by atoms with Crippen LogP contribution in [-0.2, 0) is 0 Å². The van der Waals surface area contributed by atoms with Crippen molar-refractivity contribution >= 4 is 5.57 Å². The van der Waals surface area contributed by atoms with Crippen LogP contribution in [0.1, 0.15) is 5.56 Å². The van der Waals surface area contributed by atoms with Crippen LogP contribution in [0.4, 0.5) is 0 Å². The molecule has 1 unspecified atom stereocenters. The predicted octanol–water partition coefficient (Wildman–Crippen LogP) is -1.01. The Morgan fingerprint density at radius 3 is 1.55 bits per heavy atom. The van der Waals surface area contributed by atoms with E-state index in [2.05, 4.69) is 6.58 Å². The second-order valence-electron chi connectivity index (χ2n) is 3.48. The van der Waals surface area contributed by atoms with Gasteiger partial charge in [0.1, 0.15) is 6.10 Å². The van der Waals surface area contributed by atoms with Crippen molar-refractivity contribution in [2.24, 2.45) is 0 Å². The van der Waals surface area contributed by atoms with Crippen molar-refractivity contribution in [2.45, 2.75) is 6.10 Å². The molecule has 0 bridgehead atoms. The van der Waals surface area contributed by atoms with Crippen molar-refractivity contribution in [3.8, 4) is 0 Å². The van der Waals surface area contributed by atoms with Crippen molar-refractivity contribution in [1.82, 2.24) is 0 Å². The number of rotatable bonds is 5. The summed E-state index contributed by atoms with van der Waals surface area (Å²) in [6.07, 6.45) is -0.854. The molecule has 0 aliphatic rings. The van der Waals surface area contributed by atoms with Crippen molar-refractivity contribution in [3.63, 3.8) is 0 Å². The van der Waals surface area contributed by atoms with Crippen molar-refractivity contribution < 1.29 is 30.6 Å². The van der Waals surface area contributed by atoms with Gasteiger partial charge < -0.3 is 30.6 Å². The first-order valence-corrected chi connectivity index (χ1v) is 6.05. The molecule has 1 aromatic rings. The minimum absolute atomic E-state index is 0.125. The molecule has 0 aliphatic heterocycles. The third-order valence-corrected chi connectivity index (χ3v) is 1.92. The van der Waals surface area contributed by atoms with E-state index in [0.29, 0.717) is 5.57 Å². The summed E-state index contributed by atoms with van der Waals surface area (Å²) in [7, 11) is 0. The first-order valence-electron chi connectivity index (χ1n) is 6.05. The molecule has 0 amide bonds. The fraction of sp³-hybridized carbons (Fsp3) is 0.429. The van der Waals surface area contributed by atoms with E-state index in [-0.39, 0.29) is 33.0 Å². The Labute approximate surface area is 118 Å². The van der Waals surface area contributed by atoms with Crippen LogP contribution < -0.4 is 0 Å². The largest absolute Gasteiger partial charge is 0.394 e. The molecule has 0 aliphatic carbocycles. The van der Waals surface area contributed by atoms with Gasteiger partial charge in [-0.1, -0.05) is 36.9 Å². The Morgan fingerprint density at radius 2 is 1.25 bits per heavy atom. The number of hydrogen-bond acceptors (Lipinski definition) is 6. The molecule has 0 saturated carbocycles. The number of aliphatic hydroxyl groups is 6. The van der Waals surface area contributed by atoms with Crippen molar-refractivity contribution in [2.75, 3.05) is 33.0 Å². The van der Waals surface area contributed by atoms with Gasteiger partial charge in [0.15, 0.2) is 0 Å². The summed E-state index contributed by atoms with van der Waals surface area (Å²) in [5.41, 5.74) is 1.41. The molecular weight excluding hydrogens is 264 g/mol. The third-order valence-electron chi connectivity index (χ3n) is 1.92. The molecule has 0 radical (unpaired) electrons. The minimum atomic E-state index is -0.854. The molecule has 0 saturated heterocycles. The monoisotopic (exact) mass is 288 g/mol. The lowest BCUT2D eigenvalue weighted by Crippen LogP contribution is -2.13. The highest BCUT2D eigenvalue weighted by molar-refractivity contribution is 5.66. The summed E-state index contributed by atoms with van der Waals surface area (Å²) in [5, 5.41) is 48.4. The highest BCUT2D eigenvalue weighted by Crippen LogP contribution is 2.14. The highest BCUT2D eigenvalue weighted by Gasteiger charge is 2.07. The molecule has 6 heteroatoms. The molecule has 116 valence electrons. The second kappa shape index (κ2) is 15.8. The molecular formula is C14H24O6. The minimum Gasteiger partial charge on any atom is -0.394 e. The second-order valence-corrected chi connectivity index (χ2v) is 3.48. The Balaban J connectivity index is 0. The van der Waals surface area contributed by atoms with Crippen molar-refractivity contribution in [3.05, 3.63) is 42.5 Å². The smallest absolute Gasteiger partial charge is 0.102 e. The maximum absolute atomic E-state index is 9.23. The van der Waals surface area contributed by atoms with Gasteiger partial charge >= 0.3 is 0 Å². The molecule has 0 spiro atoms. The van der Waals surface area contributed by atoms with E-state index < -0.39 is 6.10 Å². The highest BCUT2D eigenvalue weighted by atomic mass is 16.3. The van der Waals surface area contributed by atoms with Gasteiger partial charge in [-0.3, -0.25) is 0 Å². The lowest BCUT2D eigenvalue weighted by Gasteiger charge is -2.10. The van der Waals surface area contributed by atoms with Crippen LogP contribution >= 0.6 is 0 Å². The van der Waals surface area contributed by atoms with E-state index in [0.717, 1.165) is 5.56 Å². The van der Waals surface area contributed by atoms with E-state index in [1.165, 1.54) is 0 Å². The first kappa shape index (κ1) is 21.0. The Kier molecular flexibility index (Phi) is 16.6. The number of aliphatic hydroxyl groups excluding tert-OH is 6. The SMILES string of the molecule is C=C(c1ccccc1)C(O)CO.OCCO.OCCO. The molecule has 20 heavy (non-hydrogen) atoms. The number of hydrogen-bond donors (Lipinski definition) is 6. The molecule has 1 rings (SSSR count). The van der Waals surface area contributed by atoms with Crippen LogP contribution in [0.15, 0.2) is 36.9 Å². The summed E-state index contributed by atoms with van der Waals surface area (Å²) in [4.78, 5) is 0. The third kappa shape index (κ3) is 11.8. The van der Waals surface area contributed by atoms with Crippen LogP contribution in [0, 0.1) is 0 Å². The van der Waals surface area contributed by atoms with Gasteiger partial charge in [-0.2, -0.15) is 0 Å². The maximum Gasteiger partial charge on any atom is 0.102 e. The van der Waals surface area contributed by atoms with Gasteiger partial charge in [0.25, 0.3) is 0 Å². The van der Waals surface area contributed by atoms with Crippen LogP contribution in [0.5, 0.6) is 0 Å². The van der Waals surface area contributed by atoms with E-state index >= 15 is 0 Å². The maximum atomic E-state index is 9.23. The van der Waals surface area contributed by atoms with Crippen LogP contribution in [0.3, 0.4) is 0 Å². The van der Waals surface area contributed by atoms with E-state index in [1.807, 2.05) is 30.3 Å². The van der Waals surface area contributed by atoms with Gasteiger partial charge in [0.2, 0.25) is 0 Å². The van der Waals surface area contributed by atoms with Gasteiger partial charge in [0, 0.05) is 0 Å². The van der Waals surface area contributed by atoms with Gasteiger partial charge in [-0.25, -0.2) is 0 Å². The van der Waals surface area contributed by atoms with Gasteiger partial charge in [-0.05, 0) is 11.1 Å². The number of benzene rings is 1. The summed E-state index contributed by atoms with van der Waals surface area (Å²) < 4.78 is 0. The zero-order valence-electron chi connectivity index (χ0n) is 11.4. The molecule has 1 aromatic carbocycles. The van der Waals surface area contributed by atoms with Crippen LogP contribution in [0.25, 0.3) is 5.57 Å². The van der Waals surface area contributed by atoms with Gasteiger partial charge in [-0.15, -0.1) is 0 Å². The van der Waals surface area contributed by atoms with Crippen molar-refractivity contribution in [1.29, 1.82) is 0 Å². The Hall–Kier alpha value is -1.28. The Bertz CT molecular complexity index is 307. The normalized spacial score (nSPS) is 10.5. The zero-order valence-corrected chi connectivity index (χ0v) is 11.4. The predicted molar refractivity (Wildman–Crippen MR) is 76.9 cm³/mol. The summed E-state index contributed by atoms with van der Waals surface area (Å²) >= 11 is 0. The molecule has 0 aromatic heterocycles. The Morgan fingerprint density at radius 1 is 0.850 bits per heavy atom. The average Bonchev–Trinajstić information content (AvgIpc) is 2.54. The topological polar surface area (TPSA) is 121 Å². The van der Waals surface area contributed by atoms with E-state index in [1.54, 1.807) is 0 Å². The quantitative estimate of drug-likeness (QED) is 0.413. The fourth-order valence-electron chi connectivity index (χ4n) is 0.955. The molecule has 1 atom stereocenters. The molecule has 6 nitrogen and oxygen atoms in total. The lowest BCUT2D eigenvalue weighted by atomic mass is 10.0. The first-order chi connectivity index (χ1) is 9.58. The van der Waals surface area contributed by atoms with Gasteiger partial charge in [0.05, 0.1) is 33.0 Å². The summed E-state index contributed by atoms with van der Waals surface area (Å²) in [5.74, 6) is 0. The lowest BCUT2D eigenvalue weighted by molar-refractivity contribution is 0.138. The standard InChI is InChI=1S/C10H12O2.2C2H6O2/c1-8(10(12)7-11)9-5-3-2-4-6-9;2*3-1-2-4/h2-6,10-12H,1,7H2;2*3-4H,1-2H2. The fourth-order valence-corrected chi connectivity index (χ4v) is 0.955. The summed E-state index contributed by atoms with van der Waals surface area (Å²) in [6, 6.07) is 9.32. The zero-order chi connectivity index (χ0) is 15.8. The van der Waals surface area contributed by atoms with E-state index in [4.69, 9.17) is 25.5 Å². The van der Waals surface area contributed by atoms with Crippen LogP contribution in [0.2, 0.25) is 0 Å². The van der Waals surface area contributed by atoms with E-state index in [9.17, 15) is 5.11 Å². The van der Waals surface area contributed by atoms with Crippen LogP contribution in [-0.4, -0.2) is 69.8 Å². The summed E-state index contributed by atoms with van der Waals surface area (Å²) in [6.45, 7) is 2.90. The molecule has 6 N–H and O–H groups in total. The molecule has 0 heterocycles.